The Hall–Kier alpha value is -1.41. The predicted octanol–water partition coefficient (Wildman–Crippen LogP) is 4.15. The summed E-state index contributed by atoms with van der Waals surface area (Å²) in [6.07, 6.45) is 7.25. The zero-order chi connectivity index (χ0) is 14.2. The maximum absolute atomic E-state index is 12.6. The minimum absolute atomic E-state index is 0.147. The lowest BCUT2D eigenvalue weighted by Gasteiger charge is -2.29. The number of hydrogen-bond donors (Lipinski definition) is 0. The van der Waals surface area contributed by atoms with Gasteiger partial charge in [0.25, 0.3) is 0 Å². The summed E-state index contributed by atoms with van der Waals surface area (Å²) in [5.74, 6) is 0.922. The van der Waals surface area contributed by atoms with E-state index in [9.17, 15) is 4.79 Å². The summed E-state index contributed by atoms with van der Waals surface area (Å²) in [5.41, 5.74) is 4.13. The standard InChI is InChI=1S/C19H20O2/c1-12-16(14-6-2-3-7-15(14)17(12)20)19-10-9-18(21-19)8-4-5-13(18)11-19/h2-3,6-7,13H,4-5,8-11H2,1H3/t13?,18-,19+/m0/s1. The van der Waals surface area contributed by atoms with Gasteiger partial charge in [-0.3, -0.25) is 4.79 Å². The van der Waals surface area contributed by atoms with E-state index >= 15 is 0 Å². The van der Waals surface area contributed by atoms with E-state index in [4.69, 9.17) is 4.74 Å². The lowest BCUT2D eigenvalue weighted by molar-refractivity contribution is -0.0240. The molecule has 2 aliphatic carbocycles. The third kappa shape index (κ3) is 1.31. The van der Waals surface area contributed by atoms with E-state index < -0.39 is 0 Å². The number of rotatable bonds is 1. The summed E-state index contributed by atoms with van der Waals surface area (Å²) in [7, 11) is 0. The highest BCUT2D eigenvalue weighted by molar-refractivity contribution is 6.21. The molecule has 2 bridgehead atoms. The topological polar surface area (TPSA) is 26.3 Å². The van der Waals surface area contributed by atoms with Gasteiger partial charge in [0.15, 0.2) is 5.78 Å². The van der Waals surface area contributed by atoms with Crippen molar-refractivity contribution in [3.8, 4) is 0 Å². The molecule has 2 aliphatic heterocycles. The molecule has 0 N–H and O–H groups in total. The molecule has 0 radical (unpaired) electrons. The van der Waals surface area contributed by atoms with Crippen LogP contribution in [-0.4, -0.2) is 17.0 Å². The molecule has 1 unspecified atom stereocenters. The predicted molar refractivity (Wildman–Crippen MR) is 81.1 cm³/mol. The highest BCUT2D eigenvalue weighted by Gasteiger charge is 2.64. The van der Waals surface area contributed by atoms with Crippen LogP contribution in [-0.2, 0) is 4.74 Å². The number of Topliss-reactive ketones (excluding diaryl/α,β-unsaturated/α-hetero) is 1. The van der Waals surface area contributed by atoms with Gasteiger partial charge in [-0.1, -0.05) is 30.7 Å². The first-order valence-corrected chi connectivity index (χ1v) is 8.21. The van der Waals surface area contributed by atoms with Crippen LogP contribution in [0, 0.1) is 5.92 Å². The van der Waals surface area contributed by atoms with Crippen molar-refractivity contribution < 1.29 is 9.53 Å². The fourth-order valence-corrected chi connectivity index (χ4v) is 5.59. The molecular weight excluding hydrogens is 260 g/mol. The van der Waals surface area contributed by atoms with Crippen LogP contribution >= 0.6 is 0 Å². The van der Waals surface area contributed by atoms with Crippen molar-refractivity contribution in [3.05, 3.63) is 41.0 Å². The maximum atomic E-state index is 12.6. The largest absolute Gasteiger partial charge is 0.364 e. The zero-order valence-electron chi connectivity index (χ0n) is 12.4. The molecule has 5 rings (SSSR count). The molecule has 21 heavy (non-hydrogen) atoms. The molecule has 0 amide bonds. The summed E-state index contributed by atoms with van der Waals surface area (Å²) in [6, 6.07) is 8.08. The van der Waals surface area contributed by atoms with Gasteiger partial charge in [-0.15, -0.1) is 0 Å². The number of ether oxygens (including phenoxy) is 1. The van der Waals surface area contributed by atoms with Crippen LogP contribution in [0.2, 0.25) is 0 Å². The van der Waals surface area contributed by atoms with Crippen LogP contribution in [0.4, 0.5) is 0 Å². The normalized spacial score (nSPS) is 40.0. The van der Waals surface area contributed by atoms with Crippen LogP contribution in [0.3, 0.4) is 0 Å². The number of carbonyl (C=O) groups excluding carboxylic acids is 1. The van der Waals surface area contributed by atoms with Crippen LogP contribution < -0.4 is 0 Å². The van der Waals surface area contributed by atoms with Crippen molar-refractivity contribution in [3.63, 3.8) is 0 Å². The van der Waals surface area contributed by atoms with Crippen LogP contribution in [0.25, 0.3) is 5.57 Å². The van der Waals surface area contributed by atoms with E-state index in [1.807, 2.05) is 25.1 Å². The lowest BCUT2D eigenvalue weighted by Crippen LogP contribution is -2.29. The number of hydrogen-bond acceptors (Lipinski definition) is 2. The smallest absolute Gasteiger partial charge is 0.189 e. The van der Waals surface area contributed by atoms with Gasteiger partial charge in [0.1, 0.15) is 0 Å². The number of fused-ring (bicyclic) bond motifs is 2. The minimum atomic E-state index is -0.169. The Kier molecular flexibility index (Phi) is 2.13. The molecule has 2 heterocycles. The first-order chi connectivity index (χ1) is 10.2. The van der Waals surface area contributed by atoms with Crippen LogP contribution in [0.5, 0.6) is 0 Å². The van der Waals surface area contributed by atoms with Gasteiger partial charge in [0, 0.05) is 11.1 Å². The summed E-state index contributed by atoms with van der Waals surface area (Å²) < 4.78 is 6.72. The highest BCUT2D eigenvalue weighted by atomic mass is 16.5. The van der Waals surface area contributed by atoms with Crippen molar-refractivity contribution in [2.75, 3.05) is 0 Å². The van der Waals surface area contributed by atoms with Crippen molar-refractivity contribution >= 4 is 11.4 Å². The lowest BCUT2D eigenvalue weighted by atomic mass is 9.72. The molecule has 0 aromatic heterocycles. The second kappa shape index (κ2) is 3.67. The molecule has 108 valence electrons. The van der Waals surface area contributed by atoms with Gasteiger partial charge >= 0.3 is 0 Å². The highest BCUT2D eigenvalue weighted by Crippen LogP contribution is 2.65. The van der Waals surface area contributed by atoms with E-state index in [0.29, 0.717) is 0 Å². The average molecular weight is 280 g/mol. The first kappa shape index (κ1) is 12.2. The Morgan fingerprint density at radius 3 is 2.76 bits per heavy atom. The molecule has 3 atom stereocenters. The maximum Gasteiger partial charge on any atom is 0.189 e. The van der Waals surface area contributed by atoms with Crippen molar-refractivity contribution in [1.82, 2.24) is 0 Å². The third-order valence-corrected chi connectivity index (χ3v) is 6.44. The number of allylic oxidation sites excluding steroid dienone is 1. The van der Waals surface area contributed by atoms with E-state index in [0.717, 1.165) is 35.5 Å². The zero-order valence-corrected chi connectivity index (χ0v) is 12.4. The molecule has 1 aromatic carbocycles. The fraction of sp³-hybridized carbons (Fsp3) is 0.526. The molecule has 4 aliphatic rings. The van der Waals surface area contributed by atoms with Gasteiger partial charge in [-0.25, -0.2) is 0 Å². The Morgan fingerprint density at radius 2 is 1.95 bits per heavy atom. The number of benzene rings is 1. The first-order valence-electron chi connectivity index (χ1n) is 8.21. The number of ketones is 1. The molecule has 3 fully saturated rings. The van der Waals surface area contributed by atoms with Gasteiger partial charge < -0.3 is 4.74 Å². The Morgan fingerprint density at radius 1 is 1.14 bits per heavy atom. The minimum Gasteiger partial charge on any atom is -0.364 e. The fourth-order valence-electron chi connectivity index (χ4n) is 5.59. The molecular formula is C19H20O2. The van der Waals surface area contributed by atoms with E-state index in [-0.39, 0.29) is 17.0 Å². The van der Waals surface area contributed by atoms with E-state index in [1.165, 1.54) is 31.3 Å². The quantitative estimate of drug-likeness (QED) is 0.772. The summed E-state index contributed by atoms with van der Waals surface area (Å²) in [6.45, 7) is 1.99. The Bertz CT molecular complexity index is 701. The summed E-state index contributed by atoms with van der Waals surface area (Å²) in [4.78, 5) is 12.6. The summed E-state index contributed by atoms with van der Waals surface area (Å²) >= 11 is 0. The molecule has 2 heteroatoms. The van der Waals surface area contributed by atoms with Gasteiger partial charge in [0.2, 0.25) is 0 Å². The Balaban J connectivity index is 1.68. The van der Waals surface area contributed by atoms with Gasteiger partial charge in [-0.2, -0.15) is 0 Å². The molecule has 2 nitrogen and oxygen atoms in total. The second-order valence-corrected chi connectivity index (χ2v) is 7.33. The molecule has 1 aromatic rings. The van der Waals surface area contributed by atoms with Crippen LogP contribution in [0.15, 0.2) is 29.8 Å². The SMILES string of the molecule is CC1=C([C@@]23CC[C@]4(CCCC4C2)O3)c2ccccc2C1=O. The molecule has 1 spiro atoms. The van der Waals surface area contributed by atoms with Crippen LogP contribution in [0.1, 0.15) is 61.4 Å². The van der Waals surface area contributed by atoms with E-state index in [2.05, 4.69) is 6.07 Å². The molecule has 2 saturated heterocycles. The van der Waals surface area contributed by atoms with Crippen molar-refractivity contribution in [2.24, 2.45) is 5.92 Å². The van der Waals surface area contributed by atoms with E-state index in [1.54, 1.807) is 0 Å². The Labute approximate surface area is 125 Å². The van der Waals surface area contributed by atoms with Crippen molar-refractivity contribution in [2.45, 2.75) is 56.7 Å². The van der Waals surface area contributed by atoms with Crippen molar-refractivity contribution in [1.29, 1.82) is 0 Å². The van der Waals surface area contributed by atoms with Gasteiger partial charge in [0.05, 0.1) is 11.2 Å². The molecule has 1 saturated carbocycles. The number of carbonyl (C=O) groups is 1. The van der Waals surface area contributed by atoms with Gasteiger partial charge in [-0.05, 0) is 56.1 Å². The monoisotopic (exact) mass is 280 g/mol. The second-order valence-electron chi connectivity index (χ2n) is 7.33. The summed E-state index contributed by atoms with van der Waals surface area (Å²) in [5, 5.41) is 0. The average Bonchev–Trinajstić information content (AvgIpc) is 3.18. The third-order valence-electron chi connectivity index (χ3n) is 6.44.